The number of anilines is 3. The summed E-state index contributed by atoms with van der Waals surface area (Å²) in [4.78, 5) is 18.1. The number of H-pyrrole nitrogens is 1. The zero-order valence-electron chi connectivity index (χ0n) is 16.3. The lowest BCUT2D eigenvalue weighted by atomic mass is 10.1. The molecular formula is C19H23N7O3. The van der Waals surface area contributed by atoms with Crippen LogP contribution in [0.25, 0.3) is 5.52 Å². The summed E-state index contributed by atoms with van der Waals surface area (Å²) in [5.41, 5.74) is 2.08. The number of rotatable bonds is 6. The third-order valence-corrected chi connectivity index (χ3v) is 5.99. The summed E-state index contributed by atoms with van der Waals surface area (Å²) in [5, 5.41) is 24.9. The highest BCUT2D eigenvalue weighted by Gasteiger charge is 2.41. The van der Waals surface area contributed by atoms with Gasteiger partial charge in [0.1, 0.15) is 11.6 Å². The smallest absolute Gasteiger partial charge is 0.326 e. The van der Waals surface area contributed by atoms with Crippen molar-refractivity contribution in [3.63, 3.8) is 0 Å². The van der Waals surface area contributed by atoms with Crippen molar-refractivity contribution in [2.24, 2.45) is 0 Å². The SMILES string of the molecule is CO[C@@H]1C[C@@H](C(=O)O)N(c2nc(Nc3cc(C4(C)CC4)[nH]n3)c3cccn3n2)C1. The van der Waals surface area contributed by atoms with Crippen molar-refractivity contribution < 1.29 is 14.6 Å². The highest BCUT2D eigenvalue weighted by molar-refractivity contribution is 5.79. The lowest BCUT2D eigenvalue weighted by Crippen LogP contribution is -2.37. The topological polar surface area (TPSA) is 121 Å². The lowest BCUT2D eigenvalue weighted by molar-refractivity contribution is -0.138. The molecule has 5 rings (SSSR count). The molecule has 3 aromatic heterocycles. The monoisotopic (exact) mass is 397 g/mol. The number of aliphatic carboxylic acids is 1. The van der Waals surface area contributed by atoms with Gasteiger partial charge in [-0.05, 0) is 25.0 Å². The second-order valence-electron chi connectivity index (χ2n) is 8.05. The first-order valence-corrected chi connectivity index (χ1v) is 9.67. The summed E-state index contributed by atoms with van der Waals surface area (Å²) in [6, 6.07) is 5.05. The van der Waals surface area contributed by atoms with E-state index >= 15 is 0 Å². The Hall–Kier alpha value is -3.14. The molecule has 1 saturated carbocycles. The molecule has 2 aliphatic rings. The molecular weight excluding hydrogens is 374 g/mol. The van der Waals surface area contributed by atoms with Crippen molar-refractivity contribution in [2.75, 3.05) is 23.9 Å². The van der Waals surface area contributed by atoms with Crippen molar-refractivity contribution in [3.8, 4) is 0 Å². The first kappa shape index (κ1) is 17.9. The number of methoxy groups -OCH3 is 1. The van der Waals surface area contributed by atoms with Crippen LogP contribution >= 0.6 is 0 Å². The third kappa shape index (κ3) is 3.09. The van der Waals surface area contributed by atoms with Gasteiger partial charge in [-0.25, -0.2) is 9.31 Å². The quantitative estimate of drug-likeness (QED) is 0.577. The highest BCUT2D eigenvalue weighted by atomic mass is 16.5. The zero-order chi connectivity index (χ0) is 20.2. The first-order valence-electron chi connectivity index (χ1n) is 9.67. The summed E-state index contributed by atoms with van der Waals surface area (Å²) >= 11 is 0. The van der Waals surface area contributed by atoms with Crippen molar-refractivity contribution >= 4 is 29.1 Å². The zero-order valence-corrected chi connectivity index (χ0v) is 16.3. The van der Waals surface area contributed by atoms with Crippen LogP contribution in [-0.4, -0.2) is 61.7 Å². The van der Waals surface area contributed by atoms with Gasteiger partial charge in [-0.15, -0.1) is 5.10 Å². The number of hydrogen-bond donors (Lipinski definition) is 3. The largest absolute Gasteiger partial charge is 0.480 e. The van der Waals surface area contributed by atoms with E-state index in [1.54, 1.807) is 16.5 Å². The number of hydrogen-bond acceptors (Lipinski definition) is 7. The van der Waals surface area contributed by atoms with Crippen molar-refractivity contribution in [1.29, 1.82) is 0 Å². The third-order valence-electron chi connectivity index (χ3n) is 5.99. The van der Waals surface area contributed by atoms with E-state index in [0.717, 1.165) is 24.1 Å². The van der Waals surface area contributed by atoms with Crippen LogP contribution in [0, 0.1) is 0 Å². The fourth-order valence-corrected chi connectivity index (χ4v) is 3.83. The van der Waals surface area contributed by atoms with E-state index in [2.05, 4.69) is 32.5 Å². The minimum atomic E-state index is -0.912. The van der Waals surface area contributed by atoms with E-state index < -0.39 is 12.0 Å². The predicted octanol–water partition coefficient (Wildman–Crippen LogP) is 1.93. The molecule has 0 aromatic carbocycles. The minimum Gasteiger partial charge on any atom is -0.480 e. The minimum absolute atomic E-state index is 0.176. The van der Waals surface area contributed by atoms with Crippen LogP contribution in [0.3, 0.4) is 0 Å². The molecule has 152 valence electrons. The molecule has 10 nitrogen and oxygen atoms in total. The first-order chi connectivity index (χ1) is 14.0. The van der Waals surface area contributed by atoms with Crippen molar-refractivity contribution in [2.45, 2.75) is 43.7 Å². The number of fused-ring (bicyclic) bond motifs is 1. The molecule has 4 heterocycles. The number of nitrogens with zero attached hydrogens (tertiary/aromatic N) is 5. The fourth-order valence-electron chi connectivity index (χ4n) is 3.83. The molecule has 3 aromatic rings. The molecule has 1 aliphatic heterocycles. The van der Waals surface area contributed by atoms with Gasteiger partial charge in [0.25, 0.3) is 0 Å². The standard InChI is InChI=1S/C19H23N7O3/c1-19(5-6-19)14-9-15(23-22-14)20-16-12-4-3-7-26(12)24-18(21-16)25-10-11(29-2)8-13(25)17(27)28/h3-4,7,9,11,13H,5-6,8,10H2,1-2H3,(H,27,28)(H2,20,21,22,23,24)/t11-,13+/m1/s1. The summed E-state index contributed by atoms with van der Waals surface area (Å²) in [5.74, 6) is 0.675. The molecule has 1 saturated heterocycles. The van der Waals surface area contributed by atoms with E-state index in [4.69, 9.17) is 4.74 Å². The average Bonchev–Trinajstić information content (AvgIpc) is 3.16. The molecule has 0 amide bonds. The van der Waals surface area contributed by atoms with Crippen LogP contribution in [0.5, 0.6) is 0 Å². The summed E-state index contributed by atoms with van der Waals surface area (Å²) < 4.78 is 7.08. The molecule has 0 spiro atoms. The van der Waals surface area contributed by atoms with Gasteiger partial charge < -0.3 is 20.1 Å². The predicted molar refractivity (Wildman–Crippen MR) is 106 cm³/mol. The maximum absolute atomic E-state index is 11.7. The number of aromatic amines is 1. The van der Waals surface area contributed by atoms with E-state index in [1.165, 1.54) is 0 Å². The molecule has 0 radical (unpaired) electrons. The normalized spacial score (nSPS) is 22.9. The van der Waals surface area contributed by atoms with Crippen LogP contribution in [0.15, 0.2) is 24.4 Å². The van der Waals surface area contributed by atoms with Crippen molar-refractivity contribution in [1.82, 2.24) is 24.8 Å². The van der Waals surface area contributed by atoms with Crippen LogP contribution in [0.4, 0.5) is 17.6 Å². The van der Waals surface area contributed by atoms with E-state index in [0.29, 0.717) is 30.5 Å². The second kappa shape index (κ2) is 6.45. The molecule has 29 heavy (non-hydrogen) atoms. The molecule has 2 fully saturated rings. The Kier molecular flexibility index (Phi) is 3.98. The van der Waals surface area contributed by atoms with Crippen molar-refractivity contribution in [3.05, 3.63) is 30.1 Å². The Morgan fingerprint density at radius 1 is 1.45 bits per heavy atom. The Bertz CT molecular complexity index is 1070. The van der Waals surface area contributed by atoms with Gasteiger partial charge in [-0.1, -0.05) is 6.92 Å². The Labute approximate surface area is 166 Å². The number of carboxylic acid groups (broad SMARTS) is 1. The summed E-state index contributed by atoms with van der Waals surface area (Å²) in [6.45, 7) is 2.63. The van der Waals surface area contributed by atoms with Crippen LogP contribution in [0.1, 0.15) is 31.9 Å². The number of carbonyl (C=O) groups is 1. The van der Waals surface area contributed by atoms with Gasteiger partial charge in [-0.3, -0.25) is 5.10 Å². The molecule has 10 heteroatoms. The van der Waals surface area contributed by atoms with Crippen LogP contribution in [-0.2, 0) is 14.9 Å². The van der Waals surface area contributed by atoms with Gasteiger partial charge in [0.15, 0.2) is 11.6 Å². The molecule has 2 atom stereocenters. The highest BCUT2D eigenvalue weighted by Crippen LogP contribution is 2.47. The van der Waals surface area contributed by atoms with Crippen LogP contribution in [0.2, 0.25) is 0 Å². The van der Waals surface area contributed by atoms with E-state index in [9.17, 15) is 9.90 Å². The second-order valence-corrected chi connectivity index (χ2v) is 8.05. The number of nitrogens with one attached hydrogen (secondary N) is 2. The van der Waals surface area contributed by atoms with E-state index in [-0.39, 0.29) is 11.5 Å². The van der Waals surface area contributed by atoms with Gasteiger partial charge in [0.2, 0.25) is 5.95 Å². The number of aromatic nitrogens is 5. The number of ether oxygens (including phenoxy) is 1. The Balaban J connectivity index is 1.50. The Morgan fingerprint density at radius 3 is 3.00 bits per heavy atom. The fraction of sp³-hybridized carbons (Fsp3) is 0.474. The average molecular weight is 397 g/mol. The molecule has 0 bridgehead atoms. The van der Waals surface area contributed by atoms with E-state index in [1.807, 2.05) is 24.4 Å². The Morgan fingerprint density at radius 2 is 2.28 bits per heavy atom. The van der Waals surface area contributed by atoms with Gasteiger partial charge in [0.05, 0.1) is 6.10 Å². The lowest BCUT2D eigenvalue weighted by Gasteiger charge is -2.21. The van der Waals surface area contributed by atoms with Crippen LogP contribution < -0.4 is 10.2 Å². The summed E-state index contributed by atoms with van der Waals surface area (Å²) in [6.07, 6.45) is 4.34. The molecule has 0 unspecified atom stereocenters. The molecule has 3 N–H and O–H groups in total. The maximum atomic E-state index is 11.7. The maximum Gasteiger partial charge on any atom is 0.326 e. The molecule has 1 aliphatic carbocycles. The van der Waals surface area contributed by atoms with Gasteiger partial charge >= 0.3 is 5.97 Å². The van der Waals surface area contributed by atoms with Gasteiger partial charge in [-0.2, -0.15) is 10.1 Å². The number of carboxylic acids is 1. The van der Waals surface area contributed by atoms with Gasteiger partial charge in [0, 0.05) is 43.4 Å². The summed E-state index contributed by atoms with van der Waals surface area (Å²) in [7, 11) is 1.59.